The molecule has 0 bridgehead atoms. The van der Waals surface area contributed by atoms with Crippen LogP contribution in [-0.2, 0) is 0 Å². The summed E-state index contributed by atoms with van der Waals surface area (Å²) in [6.07, 6.45) is 3.97. The monoisotopic (exact) mass is 289 g/mol. The minimum atomic E-state index is -0.0525. The quantitative estimate of drug-likeness (QED) is 0.882. The maximum absolute atomic E-state index is 12.7. The number of nitrogen functional groups attached to an aromatic ring is 1. The molecule has 0 aliphatic carbocycles. The Morgan fingerprint density at radius 3 is 2.95 bits per heavy atom. The highest BCUT2D eigenvalue weighted by atomic mass is 16.2. The van der Waals surface area contributed by atoms with Gasteiger partial charge in [0.05, 0.1) is 11.9 Å². The molecule has 114 valence electrons. The van der Waals surface area contributed by atoms with Gasteiger partial charge in [0.1, 0.15) is 5.82 Å². The Balaban J connectivity index is 1.80. The Morgan fingerprint density at radius 2 is 2.19 bits per heavy atom. The Labute approximate surface area is 125 Å². The van der Waals surface area contributed by atoms with E-state index >= 15 is 0 Å². The predicted molar refractivity (Wildman–Crippen MR) is 81.0 cm³/mol. The van der Waals surface area contributed by atoms with Crippen LogP contribution in [0.3, 0.4) is 0 Å². The summed E-state index contributed by atoms with van der Waals surface area (Å²) in [5.41, 5.74) is 6.66. The number of amides is 1. The molecule has 2 fully saturated rings. The van der Waals surface area contributed by atoms with Gasteiger partial charge in [-0.05, 0) is 19.4 Å². The van der Waals surface area contributed by atoms with E-state index in [-0.39, 0.29) is 11.8 Å². The van der Waals surface area contributed by atoms with Crippen molar-refractivity contribution in [1.29, 1.82) is 0 Å². The predicted octanol–water partition coefficient (Wildman–Crippen LogP) is 1.10. The first-order valence-corrected chi connectivity index (χ1v) is 7.72. The van der Waals surface area contributed by atoms with E-state index in [1.54, 1.807) is 6.20 Å². The largest absolute Gasteiger partial charge is 0.396 e. The van der Waals surface area contributed by atoms with E-state index in [9.17, 15) is 4.79 Å². The third-order valence-corrected chi connectivity index (χ3v) is 4.43. The van der Waals surface area contributed by atoms with Gasteiger partial charge in [-0.15, -0.1) is 0 Å². The second kappa shape index (κ2) is 5.60. The first-order chi connectivity index (χ1) is 10.1. The molecule has 21 heavy (non-hydrogen) atoms. The minimum absolute atomic E-state index is 0.0525. The highest BCUT2D eigenvalue weighted by Crippen LogP contribution is 2.23. The average molecular weight is 289 g/mol. The van der Waals surface area contributed by atoms with Gasteiger partial charge in [0.15, 0.2) is 5.69 Å². The fourth-order valence-corrected chi connectivity index (χ4v) is 3.18. The Bertz CT molecular complexity index is 545. The summed E-state index contributed by atoms with van der Waals surface area (Å²) in [5.74, 6) is 0.805. The summed E-state index contributed by atoms with van der Waals surface area (Å²) in [6, 6.07) is 0.510. The second-order valence-corrected chi connectivity index (χ2v) is 6.27. The highest BCUT2D eigenvalue weighted by Gasteiger charge is 2.33. The fourth-order valence-electron chi connectivity index (χ4n) is 3.18. The zero-order valence-corrected chi connectivity index (χ0v) is 12.7. The lowest BCUT2D eigenvalue weighted by molar-refractivity contribution is 0.0566. The van der Waals surface area contributed by atoms with Crippen LogP contribution in [-0.4, -0.2) is 57.9 Å². The number of rotatable bonds is 2. The summed E-state index contributed by atoms with van der Waals surface area (Å²) in [5, 5.41) is 0. The first kappa shape index (κ1) is 14.3. The van der Waals surface area contributed by atoms with Gasteiger partial charge in [-0.2, -0.15) is 0 Å². The van der Waals surface area contributed by atoms with Gasteiger partial charge >= 0.3 is 0 Å². The molecule has 1 aromatic rings. The van der Waals surface area contributed by atoms with Crippen molar-refractivity contribution in [3.63, 3.8) is 0 Å². The van der Waals surface area contributed by atoms with Gasteiger partial charge < -0.3 is 10.6 Å². The maximum Gasteiger partial charge on any atom is 0.274 e. The van der Waals surface area contributed by atoms with Crippen molar-refractivity contribution in [2.45, 2.75) is 38.6 Å². The van der Waals surface area contributed by atoms with Gasteiger partial charge in [-0.1, -0.05) is 13.8 Å². The molecule has 1 aromatic heterocycles. The van der Waals surface area contributed by atoms with Crippen molar-refractivity contribution < 1.29 is 4.79 Å². The van der Waals surface area contributed by atoms with E-state index in [2.05, 4.69) is 14.9 Å². The summed E-state index contributed by atoms with van der Waals surface area (Å²) >= 11 is 0. The number of anilines is 1. The van der Waals surface area contributed by atoms with Crippen molar-refractivity contribution in [2.24, 2.45) is 0 Å². The molecule has 3 rings (SSSR count). The normalized spacial score (nSPS) is 22.6. The lowest BCUT2D eigenvalue weighted by Gasteiger charge is -2.37. The van der Waals surface area contributed by atoms with Crippen LogP contribution in [0.25, 0.3) is 0 Å². The van der Waals surface area contributed by atoms with Gasteiger partial charge in [0.25, 0.3) is 5.91 Å². The molecule has 3 heterocycles. The Morgan fingerprint density at radius 1 is 1.38 bits per heavy atom. The summed E-state index contributed by atoms with van der Waals surface area (Å²) in [6.45, 7) is 7.70. The van der Waals surface area contributed by atoms with Gasteiger partial charge in [0.2, 0.25) is 0 Å². The molecular formula is C15H23N5O. The number of nitrogens with zero attached hydrogens (tertiary/aromatic N) is 4. The van der Waals surface area contributed by atoms with Crippen molar-refractivity contribution in [2.75, 3.05) is 31.9 Å². The average Bonchev–Trinajstić information content (AvgIpc) is 2.94. The van der Waals surface area contributed by atoms with Crippen molar-refractivity contribution in [1.82, 2.24) is 19.8 Å². The lowest BCUT2D eigenvalue weighted by atomic mass is 10.1. The molecule has 2 saturated heterocycles. The topological polar surface area (TPSA) is 75.3 Å². The number of aromatic nitrogens is 2. The van der Waals surface area contributed by atoms with Crippen molar-refractivity contribution in [3.8, 4) is 0 Å². The molecule has 0 aromatic carbocycles. The standard InChI is InChI=1S/C15H23N5O/c1-10(2)14-17-8-12(16)13(18-14)15(21)20-7-6-19-5-3-4-11(19)9-20/h8,10-11H,3-7,9,16H2,1-2H3. The van der Waals surface area contributed by atoms with Crippen molar-refractivity contribution in [3.05, 3.63) is 17.7 Å². The van der Waals surface area contributed by atoms with Crippen LogP contribution in [0.1, 0.15) is 48.9 Å². The number of hydrogen-bond donors (Lipinski definition) is 1. The van der Waals surface area contributed by atoms with Crippen LogP contribution in [0.15, 0.2) is 6.20 Å². The summed E-state index contributed by atoms with van der Waals surface area (Å²) in [7, 11) is 0. The smallest absolute Gasteiger partial charge is 0.274 e. The number of carbonyl (C=O) groups excluding carboxylic acids is 1. The van der Waals surface area contributed by atoms with Gasteiger partial charge in [-0.25, -0.2) is 9.97 Å². The van der Waals surface area contributed by atoms with E-state index in [0.29, 0.717) is 23.2 Å². The van der Waals surface area contributed by atoms with Crippen molar-refractivity contribution >= 4 is 11.6 Å². The van der Waals surface area contributed by atoms with Gasteiger partial charge in [-0.3, -0.25) is 9.69 Å². The van der Waals surface area contributed by atoms with E-state index in [1.807, 2.05) is 18.7 Å². The Kier molecular flexibility index (Phi) is 3.80. The molecule has 6 heteroatoms. The number of nitrogens with two attached hydrogens (primary N) is 1. The number of hydrogen-bond acceptors (Lipinski definition) is 5. The van der Waals surface area contributed by atoms with Crippen LogP contribution < -0.4 is 5.73 Å². The molecule has 6 nitrogen and oxygen atoms in total. The summed E-state index contributed by atoms with van der Waals surface area (Å²) in [4.78, 5) is 25.7. The van der Waals surface area contributed by atoms with Crippen LogP contribution in [0, 0.1) is 0 Å². The molecule has 1 amide bonds. The molecule has 2 N–H and O–H groups in total. The van der Waals surface area contributed by atoms with E-state index in [1.165, 1.54) is 19.4 Å². The second-order valence-electron chi connectivity index (χ2n) is 6.27. The molecule has 1 atom stereocenters. The molecule has 0 saturated carbocycles. The van der Waals surface area contributed by atoms with E-state index in [0.717, 1.165) is 19.6 Å². The minimum Gasteiger partial charge on any atom is -0.396 e. The van der Waals surface area contributed by atoms with Crippen LogP contribution in [0.5, 0.6) is 0 Å². The Hall–Kier alpha value is -1.69. The molecule has 0 radical (unpaired) electrons. The van der Waals surface area contributed by atoms with Gasteiger partial charge in [0, 0.05) is 31.6 Å². The molecule has 0 spiro atoms. The molecule has 2 aliphatic heterocycles. The third kappa shape index (κ3) is 2.72. The number of piperazine rings is 1. The van der Waals surface area contributed by atoms with Crippen LogP contribution in [0.4, 0.5) is 5.69 Å². The number of carbonyl (C=O) groups is 1. The fraction of sp³-hybridized carbons (Fsp3) is 0.667. The number of fused-ring (bicyclic) bond motifs is 1. The third-order valence-electron chi connectivity index (χ3n) is 4.43. The van der Waals surface area contributed by atoms with E-state index < -0.39 is 0 Å². The SMILES string of the molecule is CC(C)c1ncc(N)c(C(=O)N2CCN3CCCC3C2)n1. The van der Waals surface area contributed by atoms with Crippen LogP contribution in [0.2, 0.25) is 0 Å². The zero-order chi connectivity index (χ0) is 15.0. The molecule has 1 unspecified atom stereocenters. The summed E-state index contributed by atoms with van der Waals surface area (Å²) < 4.78 is 0. The zero-order valence-electron chi connectivity index (χ0n) is 12.7. The molecular weight excluding hydrogens is 266 g/mol. The van der Waals surface area contributed by atoms with Crippen LogP contribution >= 0.6 is 0 Å². The first-order valence-electron chi connectivity index (χ1n) is 7.72. The lowest BCUT2D eigenvalue weighted by Crippen LogP contribution is -2.52. The molecule has 2 aliphatic rings. The van der Waals surface area contributed by atoms with E-state index in [4.69, 9.17) is 5.73 Å². The highest BCUT2D eigenvalue weighted by molar-refractivity contribution is 5.97. The maximum atomic E-state index is 12.7.